The number of benzene rings is 3. The second kappa shape index (κ2) is 7.22. The SMILES string of the molecule is COc1ccccc1Oc1ccc2c(c1)C(=O)N(c1ccccc1C(F)(F)F)C2=O. The lowest BCUT2D eigenvalue weighted by Gasteiger charge is -2.19. The lowest BCUT2D eigenvalue weighted by molar-refractivity contribution is -0.137. The minimum atomic E-state index is -4.72. The van der Waals surface area contributed by atoms with Crippen molar-refractivity contribution in [2.24, 2.45) is 0 Å². The van der Waals surface area contributed by atoms with Crippen molar-refractivity contribution < 1.29 is 32.2 Å². The highest BCUT2D eigenvalue weighted by Gasteiger charge is 2.42. The average molecular weight is 413 g/mol. The zero-order valence-electron chi connectivity index (χ0n) is 15.6. The number of ether oxygens (including phenoxy) is 2. The number of fused-ring (bicyclic) bond motifs is 1. The van der Waals surface area contributed by atoms with Crippen molar-refractivity contribution in [3.05, 3.63) is 83.4 Å². The molecule has 1 aliphatic heterocycles. The number of halogens is 3. The van der Waals surface area contributed by atoms with Gasteiger partial charge in [-0.3, -0.25) is 9.59 Å². The monoisotopic (exact) mass is 413 g/mol. The van der Waals surface area contributed by atoms with Crippen LogP contribution in [0.3, 0.4) is 0 Å². The molecule has 0 saturated carbocycles. The van der Waals surface area contributed by atoms with Crippen molar-refractivity contribution in [2.75, 3.05) is 12.0 Å². The number of carbonyl (C=O) groups excluding carboxylic acids is 2. The molecule has 0 spiro atoms. The molecule has 8 heteroatoms. The normalized spacial score (nSPS) is 13.4. The van der Waals surface area contributed by atoms with Crippen LogP contribution in [-0.2, 0) is 6.18 Å². The zero-order valence-corrected chi connectivity index (χ0v) is 15.6. The molecule has 0 fully saturated rings. The van der Waals surface area contributed by atoms with Crippen molar-refractivity contribution in [3.8, 4) is 17.2 Å². The molecule has 1 heterocycles. The molecular formula is C22H14F3NO4. The maximum absolute atomic E-state index is 13.4. The van der Waals surface area contributed by atoms with Gasteiger partial charge in [0.2, 0.25) is 0 Å². The predicted molar refractivity (Wildman–Crippen MR) is 102 cm³/mol. The van der Waals surface area contributed by atoms with E-state index in [-0.39, 0.29) is 16.9 Å². The van der Waals surface area contributed by atoms with E-state index in [1.54, 1.807) is 24.3 Å². The van der Waals surface area contributed by atoms with Gasteiger partial charge in [-0.1, -0.05) is 24.3 Å². The van der Waals surface area contributed by atoms with Crippen LogP contribution in [0.5, 0.6) is 17.2 Å². The van der Waals surface area contributed by atoms with E-state index in [0.29, 0.717) is 16.4 Å². The number of nitrogens with zero attached hydrogens (tertiary/aromatic N) is 1. The van der Waals surface area contributed by atoms with E-state index in [1.165, 1.54) is 37.4 Å². The minimum absolute atomic E-state index is 0.00403. The van der Waals surface area contributed by atoms with Gasteiger partial charge in [0.1, 0.15) is 5.75 Å². The van der Waals surface area contributed by atoms with Gasteiger partial charge in [-0.2, -0.15) is 13.2 Å². The smallest absolute Gasteiger partial charge is 0.418 e. The lowest BCUT2D eigenvalue weighted by atomic mass is 10.1. The van der Waals surface area contributed by atoms with E-state index in [4.69, 9.17) is 9.47 Å². The molecule has 152 valence electrons. The molecule has 0 bridgehead atoms. The summed E-state index contributed by atoms with van der Waals surface area (Å²) >= 11 is 0. The van der Waals surface area contributed by atoms with Crippen molar-refractivity contribution in [1.29, 1.82) is 0 Å². The number of hydrogen-bond donors (Lipinski definition) is 0. The second-order valence-corrected chi connectivity index (χ2v) is 6.42. The summed E-state index contributed by atoms with van der Waals surface area (Å²) in [5.41, 5.74) is -1.61. The third kappa shape index (κ3) is 3.26. The number of hydrogen-bond acceptors (Lipinski definition) is 4. The predicted octanol–water partition coefficient (Wildman–Crippen LogP) is 5.31. The Bertz CT molecular complexity index is 1160. The van der Waals surface area contributed by atoms with Gasteiger partial charge < -0.3 is 9.47 Å². The van der Waals surface area contributed by atoms with Crippen LogP contribution in [-0.4, -0.2) is 18.9 Å². The number of methoxy groups -OCH3 is 1. The summed E-state index contributed by atoms with van der Waals surface area (Å²) in [7, 11) is 1.48. The van der Waals surface area contributed by atoms with Gasteiger partial charge in [0.15, 0.2) is 11.5 Å². The highest BCUT2D eigenvalue weighted by Crippen LogP contribution is 2.40. The van der Waals surface area contributed by atoms with Crippen LogP contribution in [0.4, 0.5) is 18.9 Å². The van der Waals surface area contributed by atoms with E-state index < -0.39 is 29.2 Å². The first-order chi connectivity index (χ1) is 14.3. The van der Waals surface area contributed by atoms with Crippen LogP contribution < -0.4 is 14.4 Å². The Morgan fingerprint density at radius 2 is 1.43 bits per heavy atom. The molecule has 4 rings (SSSR count). The first-order valence-electron chi connectivity index (χ1n) is 8.81. The molecule has 2 amide bonds. The maximum Gasteiger partial charge on any atom is 0.418 e. The molecule has 0 radical (unpaired) electrons. The summed E-state index contributed by atoms with van der Waals surface area (Å²) in [4.78, 5) is 26.1. The fraction of sp³-hybridized carbons (Fsp3) is 0.0909. The van der Waals surface area contributed by atoms with Crippen LogP contribution in [0.15, 0.2) is 66.7 Å². The summed E-state index contributed by atoms with van der Waals surface area (Å²) in [5.74, 6) is -0.588. The third-order valence-corrected chi connectivity index (χ3v) is 4.61. The first-order valence-corrected chi connectivity index (χ1v) is 8.81. The van der Waals surface area contributed by atoms with Gasteiger partial charge in [-0.15, -0.1) is 0 Å². The number of alkyl halides is 3. The van der Waals surface area contributed by atoms with Crippen LogP contribution in [0, 0.1) is 0 Å². The number of rotatable bonds is 4. The van der Waals surface area contributed by atoms with Gasteiger partial charge >= 0.3 is 6.18 Å². The largest absolute Gasteiger partial charge is 0.493 e. The van der Waals surface area contributed by atoms with Crippen LogP contribution in [0.2, 0.25) is 0 Å². The van der Waals surface area contributed by atoms with Gasteiger partial charge in [-0.05, 0) is 42.5 Å². The standard InChI is InChI=1S/C22H14F3NO4/c1-29-18-8-4-5-9-19(18)30-13-10-11-14-15(12-13)21(28)26(20(14)27)17-7-3-2-6-16(17)22(23,24)25/h2-12H,1H3. The summed E-state index contributed by atoms with van der Waals surface area (Å²) in [6, 6.07) is 15.4. The molecule has 0 N–H and O–H groups in total. The number of amides is 2. The van der Waals surface area contributed by atoms with E-state index in [0.717, 1.165) is 12.1 Å². The number of anilines is 1. The zero-order chi connectivity index (χ0) is 21.5. The Kier molecular flexibility index (Phi) is 4.69. The first kappa shape index (κ1) is 19.5. The molecule has 3 aromatic carbocycles. The lowest BCUT2D eigenvalue weighted by Crippen LogP contribution is -2.31. The summed E-state index contributed by atoms with van der Waals surface area (Å²) in [6.45, 7) is 0. The highest BCUT2D eigenvalue weighted by atomic mass is 19.4. The molecule has 0 unspecified atom stereocenters. The van der Waals surface area contributed by atoms with Crippen LogP contribution in [0.1, 0.15) is 26.3 Å². The van der Waals surface area contributed by atoms with Gasteiger partial charge in [0, 0.05) is 0 Å². The molecule has 1 aliphatic rings. The van der Waals surface area contributed by atoms with Gasteiger partial charge in [0.25, 0.3) is 11.8 Å². The van der Waals surface area contributed by atoms with Crippen molar-refractivity contribution in [1.82, 2.24) is 0 Å². The van der Waals surface area contributed by atoms with E-state index in [9.17, 15) is 22.8 Å². The van der Waals surface area contributed by atoms with E-state index >= 15 is 0 Å². The van der Waals surface area contributed by atoms with E-state index in [2.05, 4.69) is 0 Å². The van der Waals surface area contributed by atoms with Crippen LogP contribution >= 0.6 is 0 Å². The van der Waals surface area contributed by atoms with E-state index in [1.807, 2.05) is 0 Å². The maximum atomic E-state index is 13.4. The Balaban J connectivity index is 1.72. The minimum Gasteiger partial charge on any atom is -0.493 e. The van der Waals surface area contributed by atoms with Crippen LogP contribution in [0.25, 0.3) is 0 Å². The summed E-state index contributed by atoms with van der Waals surface area (Å²) < 4.78 is 51.1. The third-order valence-electron chi connectivity index (χ3n) is 4.61. The molecule has 0 aromatic heterocycles. The molecule has 30 heavy (non-hydrogen) atoms. The van der Waals surface area contributed by atoms with Crippen molar-refractivity contribution in [3.63, 3.8) is 0 Å². The van der Waals surface area contributed by atoms with Gasteiger partial charge in [-0.25, -0.2) is 4.90 Å². The highest BCUT2D eigenvalue weighted by molar-refractivity contribution is 6.34. The summed E-state index contributed by atoms with van der Waals surface area (Å²) in [5, 5.41) is 0. The Labute approximate surface area is 169 Å². The Morgan fingerprint density at radius 3 is 2.13 bits per heavy atom. The molecule has 0 atom stereocenters. The second-order valence-electron chi connectivity index (χ2n) is 6.42. The quantitative estimate of drug-likeness (QED) is 0.544. The molecule has 0 saturated heterocycles. The number of para-hydroxylation sites is 3. The Hall–Kier alpha value is -3.81. The van der Waals surface area contributed by atoms with Crippen molar-refractivity contribution in [2.45, 2.75) is 6.18 Å². The van der Waals surface area contributed by atoms with Crippen molar-refractivity contribution >= 4 is 17.5 Å². The topological polar surface area (TPSA) is 55.8 Å². The molecule has 5 nitrogen and oxygen atoms in total. The fourth-order valence-electron chi connectivity index (χ4n) is 3.24. The average Bonchev–Trinajstić information content (AvgIpc) is 2.97. The summed E-state index contributed by atoms with van der Waals surface area (Å²) in [6.07, 6.45) is -4.72. The molecular weight excluding hydrogens is 399 g/mol. The molecule has 3 aromatic rings. The fourth-order valence-corrected chi connectivity index (χ4v) is 3.24. The number of imide groups is 1. The number of carbonyl (C=O) groups is 2. The van der Waals surface area contributed by atoms with Gasteiger partial charge in [0.05, 0.1) is 29.5 Å². The molecule has 0 aliphatic carbocycles. The Morgan fingerprint density at radius 1 is 0.800 bits per heavy atom.